The predicted molar refractivity (Wildman–Crippen MR) is 124 cm³/mol. The Morgan fingerprint density at radius 3 is 2.67 bits per heavy atom. The van der Waals surface area contributed by atoms with Gasteiger partial charge in [0.05, 0.1) is 13.2 Å². The second-order valence-corrected chi connectivity index (χ2v) is 8.29. The van der Waals surface area contributed by atoms with Crippen LogP contribution in [0.15, 0.2) is 59.6 Å². The summed E-state index contributed by atoms with van der Waals surface area (Å²) in [5, 5.41) is 3.51. The number of ether oxygens (including phenoxy) is 1. The Morgan fingerprint density at radius 1 is 1.07 bits per heavy atom. The highest BCUT2D eigenvalue weighted by atomic mass is 16.5. The molecule has 0 amide bonds. The normalized spacial score (nSPS) is 22.4. The largest absolute Gasteiger partial charge is 0.371 e. The van der Waals surface area contributed by atoms with Crippen molar-refractivity contribution in [1.82, 2.24) is 10.2 Å². The number of benzene rings is 2. The van der Waals surface area contributed by atoms with Crippen LogP contribution in [0.2, 0.25) is 0 Å². The minimum Gasteiger partial charge on any atom is -0.371 e. The average molecular weight is 407 g/mol. The lowest BCUT2D eigenvalue weighted by molar-refractivity contribution is -0.00834. The highest BCUT2D eigenvalue weighted by Crippen LogP contribution is 2.26. The van der Waals surface area contributed by atoms with E-state index in [0.29, 0.717) is 5.92 Å². The standard InChI is InChI=1S/C25H34N4O/c1-3-26-25(27-17-21-13-14-28(18-21)22-10-5-4-6-11-22)29-15-16-30-24(19-29)23-12-8-7-9-20(23)2/h4-12,21,24H,3,13-19H2,1-2H3,(H,26,27). The van der Waals surface area contributed by atoms with Gasteiger partial charge in [0.15, 0.2) is 5.96 Å². The molecule has 0 aliphatic carbocycles. The first-order valence-electron chi connectivity index (χ1n) is 11.2. The molecular formula is C25H34N4O. The summed E-state index contributed by atoms with van der Waals surface area (Å²) < 4.78 is 6.11. The lowest BCUT2D eigenvalue weighted by Crippen LogP contribution is -2.48. The summed E-state index contributed by atoms with van der Waals surface area (Å²) in [6, 6.07) is 19.3. The molecule has 30 heavy (non-hydrogen) atoms. The number of para-hydroxylation sites is 1. The zero-order chi connectivity index (χ0) is 20.8. The van der Waals surface area contributed by atoms with Crippen molar-refractivity contribution in [3.8, 4) is 0 Å². The maximum absolute atomic E-state index is 6.11. The van der Waals surface area contributed by atoms with E-state index in [1.54, 1.807) is 0 Å². The van der Waals surface area contributed by atoms with Gasteiger partial charge in [0, 0.05) is 38.4 Å². The second kappa shape index (κ2) is 9.98. The summed E-state index contributed by atoms with van der Waals surface area (Å²) in [5.74, 6) is 1.63. The van der Waals surface area contributed by atoms with Gasteiger partial charge in [0.1, 0.15) is 6.10 Å². The highest BCUT2D eigenvalue weighted by molar-refractivity contribution is 5.80. The molecule has 2 aromatic rings. The molecule has 5 nitrogen and oxygen atoms in total. The molecule has 2 fully saturated rings. The van der Waals surface area contributed by atoms with Crippen molar-refractivity contribution in [2.75, 3.05) is 50.8 Å². The van der Waals surface area contributed by atoms with Crippen molar-refractivity contribution >= 4 is 11.6 Å². The number of hydrogen-bond acceptors (Lipinski definition) is 3. The molecule has 0 bridgehead atoms. The first-order chi connectivity index (χ1) is 14.7. The summed E-state index contributed by atoms with van der Waals surface area (Å²) in [6.07, 6.45) is 1.30. The molecule has 4 rings (SSSR count). The van der Waals surface area contributed by atoms with Gasteiger partial charge in [-0.2, -0.15) is 0 Å². The monoisotopic (exact) mass is 406 g/mol. The molecule has 2 saturated heterocycles. The van der Waals surface area contributed by atoms with Crippen LogP contribution in [0, 0.1) is 12.8 Å². The fourth-order valence-corrected chi connectivity index (χ4v) is 4.47. The van der Waals surface area contributed by atoms with E-state index in [2.05, 4.69) is 83.6 Å². The van der Waals surface area contributed by atoms with Crippen LogP contribution in [0.4, 0.5) is 5.69 Å². The van der Waals surface area contributed by atoms with Crippen LogP contribution in [-0.2, 0) is 4.74 Å². The number of nitrogens with zero attached hydrogens (tertiary/aromatic N) is 3. The predicted octanol–water partition coefficient (Wildman–Crippen LogP) is 3.86. The first kappa shape index (κ1) is 20.7. The van der Waals surface area contributed by atoms with E-state index in [1.807, 2.05) is 0 Å². The van der Waals surface area contributed by atoms with Crippen LogP contribution in [0.5, 0.6) is 0 Å². The third-order valence-corrected chi connectivity index (χ3v) is 6.14. The Kier molecular flexibility index (Phi) is 6.90. The van der Waals surface area contributed by atoms with E-state index >= 15 is 0 Å². The van der Waals surface area contributed by atoms with Crippen LogP contribution in [0.3, 0.4) is 0 Å². The molecule has 5 heteroatoms. The SMILES string of the molecule is CCNC(=NCC1CCN(c2ccccc2)C1)N1CCOC(c2ccccc2C)C1. The molecule has 2 heterocycles. The number of rotatable bonds is 5. The Hall–Kier alpha value is -2.53. The van der Waals surface area contributed by atoms with Crippen LogP contribution in [0.1, 0.15) is 30.6 Å². The number of hydrogen-bond donors (Lipinski definition) is 1. The van der Waals surface area contributed by atoms with Gasteiger partial charge in [-0.05, 0) is 49.4 Å². The van der Waals surface area contributed by atoms with E-state index < -0.39 is 0 Å². The number of aliphatic imine (C=N–C) groups is 1. The molecule has 0 aromatic heterocycles. The summed E-state index contributed by atoms with van der Waals surface area (Å²) in [6.45, 7) is 10.7. The number of anilines is 1. The molecule has 160 valence electrons. The van der Waals surface area contributed by atoms with E-state index in [4.69, 9.17) is 9.73 Å². The minimum atomic E-state index is 0.101. The lowest BCUT2D eigenvalue weighted by Gasteiger charge is -2.36. The van der Waals surface area contributed by atoms with Crippen LogP contribution >= 0.6 is 0 Å². The van der Waals surface area contributed by atoms with Gasteiger partial charge in [-0.1, -0.05) is 42.5 Å². The van der Waals surface area contributed by atoms with Crippen molar-refractivity contribution in [1.29, 1.82) is 0 Å². The minimum absolute atomic E-state index is 0.101. The average Bonchev–Trinajstić information content (AvgIpc) is 3.27. The molecule has 2 unspecified atom stereocenters. The topological polar surface area (TPSA) is 40.1 Å². The number of aryl methyl sites for hydroxylation is 1. The van der Waals surface area contributed by atoms with Gasteiger partial charge in [-0.3, -0.25) is 4.99 Å². The van der Waals surface area contributed by atoms with Crippen molar-refractivity contribution in [2.24, 2.45) is 10.9 Å². The number of nitrogens with one attached hydrogen (secondary N) is 1. The Labute approximate surface area is 180 Å². The van der Waals surface area contributed by atoms with Gasteiger partial charge in [-0.25, -0.2) is 0 Å². The molecule has 0 spiro atoms. The third kappa shape index (κ3) is 4.96. The molecule has 2 atom stereocenters. The summed E-state index contributed by atoms with van der Waals surface area (Å²) in [4.78, 5) is 9.90. The second-order valence-electron chi connectivity index (χ2n) is 8.29. The molecule has 2 aromatic carbocycles. The van der Waals surface area contributed by atoms with Crippen molar-refractivity contribution < 1.29 is 4.74 Å². The van der Waals surface area contributed by atoms with Gasteiger partial charge < -0.3 is 19.9 Å². The van der Waals surface area contributed by atoms with Crippen LogP contribution < -0.4 is 10.2 Å². The van der Waals surface area contributed by atoms with E-state index in [0.717, 1.165) is 51.8 Å². The summed E-state index contributed by atoms with van der Waals surface area (Å²) in [7, 11) is 0. The molecule has 0 radical (unpaired) electrons. The summed E-state index contributed by atoms with van der Waals surface area (Å²) in [5.41, 5.74) is 3.90. The zero-order valence-electron chi connectivity index (χ0n) is 18.3. The van der Waals surface area contributed by atoms with Crippen molar-refractivity contribution in [3.05, 3.63) is 65.7 Å². The molecule has 2 aliphatic heterocycles. The fourth-order valence-electron chi connectivity index (χ4n) is 4.47. The summed E-state index contributed by atoms with van der Waals surface area (Å²) >= 11 is 0. The molecule has 2 aliphatic rings. The Morgan fingerprint density at radius 2 is 1.87 bits per heavy atom. The highest BCUT2D eigenvalue weighted by Gasteiger charge is 2.26. The third-order valence-electron chi connectivity index (χ3n) is 6.14. The zero-order valence-corrected chi connectivity index (χ0v) is 18.3. The number of guanidine groups is 1. The lowest BCUT2D eigenvalue weighted by atomic mass is 10.0. The maximum Gasteiger partial charge on any atom is 0.194 e. The number of morpholine rings is 1. The quantitative estimate of drug-likeness (QED) is 0.605. The Balaban J connectivity index is 1.39. The molecular weight excluding hydrogens is 372 g/mol. The Bertz CT molecular complexity index is 838. The van der Waals surface area contributed by atoms with Gasteiger partial charge in [-0.15, -0.1) is 0 Å². The van der Waals surface area contributed by atoms with E-state index in [1.165, 1.54) is 23.2 Å². The van der Waals surface area contributed by atoms with E-state index in [9.17, 15) is 0 Å². The van der Waals surface area contributed by atoms with Crippen LogP contribution in [-0.4, -0.2) is 56.7 Å². The molecule has 0 saturated carbocycles. The molecule has 1 N–H and O–H groups in total. The van der Waals surface area contributed by atoms with Gasteiger partial charge >= 0.3 is 0 Å². The van der Waals surface area contributed by atoms with Crippen LogP contribution in [0.25, 0.3) is 0 Å². The van der Waals surface area contributed by atoms with Crippen molar-refractivity contribution in [3.63, 3.8) is 0 Å². The smallest absolute Gasteiger partial charge is 0.194 e. The first-order valence-corrected chi connectivity index (χ1v) is 11.2. The van der Waals surface area contributed by atoms with Crippen molar-refractivity contribution in [2.45, 2.75) is 26.4 Å². The van der Waals surface area contributed by atoms with E-state index in [-0.39, 0.29) is 6.10 Å². The fraction of sp³-hybridized carbons (Fsp3) is 0.480. The maximum atomic E-state index is 6.11. The van der Waals surface area contributed by atoms with Gasteiger partial charge in [0.25, 0.3) is 0 Å². The van der Waals surface area contributed by atoms with Gasteiger partial charge in [0.2, 0.25) is 0 Å².